The third kappa shape index (κ3) is 4.01. The molecule has 0 aromatic carbocycles. The van der Waals surface area contributed by atoms with Crippen molar-refractivity contribution >= 4 is 0 Å². The van der Waals surface area contributed by atoms with Crippen molar-refractivity contribution in [2.45, 2.75) is 13.8 Å². The average Bonchev–Trinajstić information content (AvgIpc) is 1.99. The van der Waals surface area contributed by atoms with Crippen molar-refractivity contribution in [1.29, 1.82) is 0 Å². The molecule has 0 aromatic rings. The van der Waals surface area contributed by atoms with Gasteiger partial charge in [-0.05, 0) is 26.0 Å². The zero-order valence-corrected chi connectivity index (χ0v) is 7.06. The molecular weight excluding hydrogens is 126 g/mol. The van der Waals surface area contributed by atoms with Gasteiger partial charge in [0, 0.05) is 12.7 Å². The van der Waals surface area contributed by atoms with Gasteiger partial charge in [-0.2, -0.15) is 0 Å². The van der Waals surface area contributed by atoms with Gasteiger partial charge in [-0.1, -0.05) is 0 Å². The van der Waals surface area contributed by atoms with Gasteiger partial charge in [-0.15, -0.1) is 0 Å². The van der Waals surface area contributed by atoms with Crippen LogP contribution in [0.5, 0.6) is 0 Å². The quantitative estimate of drug-likeness (QED) is 0.476. The van der Waals surface area contributed by atoms with Gasteiger partial charge in [-0.25, -0.2) is 0 Å². The number of rotatable bonds is 3. The molecule has 0 aliphatic carbocycles. The second-order valence-corrected chi connectivity index (χ2v) is 2.08. The van der Waals surface area contributed by atoms with E-state index in [0.29, 0.717) is 0 Å². The van der Waals surface area contributed by atoms with E-state index in [9.17, 15) is 0 Å². The molecule has 58 valence electrons. The Labute approximate surface area is 62.6 Å². The smallest absolute Gasteiger partial charge is 0.0925 e. The molecule has 1 N–H and O–H groups in total. The van der Waals surface area contributed by atoms with Gasteiger partial charge in [0.1, 0.15) is 0 Å². The first-order valence-electron chi connectivity index (χ1n) is 3.27. The van der Waals surface area contributed by atoms with Gasteiger partial charge in [-0.3, -0.25) is 0 Å². The molecule has 0 spiro atoms. The first-order chi connectivity index (χ1) is 4.70. The fourth-order valence-corrected chi connectivity index (χ4v) is 0.394. The predicted molar refractivity (Wildman–Crippen MR) is 43.6 cm³/mol. The lowest BCUT2D eigenvalue weighted by molar-refractivity contribution is 0.293. The van der Waals surface area contributed by atoms with Gasteiger partial charge in [0.15, 0.2) is 0 Å². The van der Waals surface area contributed by atoms with Crippen molar-refractivity contribution in [3.8, 4) is 0 Å². The molecule has 10 heavy (non-hydrogen) atoms. The first-order valence-corrected chi connectivity index (χ1v) is 3.27. The highest BCUT2D eigenvalue weighted by Crippen LogP contribution is 1.94. The van der Waals surface area contributed by atoms with Crippen molar-refractivity contribution in [3.63, 3.8) is 0 Å². The van der Waals surface area contributed by atoms with E-state index in [0.717, 1.165) is 11.5 Å². The van der Waals surface area contributed by atoms with E-state index in [1.54, 1.807) is 7.11 Å². The topological polar surface area (TPSA) is 21.3 Å². The molecule has 0 radical (unpaired) electrons. The van der Waals surface area contributed by atoms with Crippen molar-refractivity contribution in [3.05, 3.63) is 23.6 Å². The zero-order valence-electron chi connectivity index (χ0n) is 7.06. The Balaban J connectivity index is 3.91. The lowest BCUT2D eigenvalue weighted by Gasteiger charge is -1.97. The minimum absolute atomic E-state index is 0.912. The average molecular weight is 141 g/mol. The molecule has 0 saturated heterocycles. The van der Waals surface area contributed by atoms with Crippen molar-refractivity contribution in [2.24, 2.45) is 0 Å². The van der Waals surface area contributed by atoms with Crippen LogP contribution in [-0.2, 0) is 4.74 Å². The minimum Gasteiger partial charge on any atom is -0.501 e. The molecule has 2 nitrogen and oxygen atoms in total. The molecule has 0 aromatic heterocycles. The lowest BCUT2D eigenvalue weighted by Crippen LogP contribution is -2.00. The maximum atomic E-state index is 4.93. The summed E-state index contributed by atoms with van der Waals surface area (Å²) in [6.07, 6.45) is 3.89. The summed E-state index contributed by atoms with van der Waals surface area (Å²) in [5.41, 5.74) is 1.12. The largest absolute Gasteiger partial charge is 0.501 e. The second-order valence-electron chi connectivity index (χ2n) is 2.08. The standard InChI is InChI=1S/C8H15NO/c1-7(9-3)5-6-8(2)10-4/h5-6,9H,1-4H3/b7-5?,8-6+. The highest BCUT2D eigenvalue weighted by molar-refractivity contribution is 5.10. The maximum Gasteiger partial charge on any atom is 0.0925 e. The van der Waals surface area contributed by atoms with Crippen LogP contribution in [0.1, 0.15) is 13.8 Å². The van der Waals surface area contributed by atoms with Gasteiger partial charge in [0.2, 0.25) is 0 Å². The number of hydrogen-bond donors (Lipinski definition) is 1. The summed E-state index contributed by atoms with van der Waals surface area (Å²) >= 11 is 0. The summed E-state index contributed by atoms with van der Waals surface area (Å²) in [6, 6.07) is 0. The predicted octanol–water partition coefficient (Wildman–Crippen LogP) is 1.66. The number of hydrogen-bond acceptors (Lipinski definition) is 2. The van der Waals surface area contributed by atoms with Gasteiger partial charge < -0.3 is 10.1 Å². The van der Waals surface area contributed by atoms with Gasteiger partial charge in [0.05, 0.1) is 12.9 Å². The van der Waals surface area contributed by atoms with E-state index < -0.39 is 0 Å². The molecule has 0 heterocycles. The molecule has 0 amide bonds. The molecule has 0 atom stereocenters. The summed E-state index contributed by atoms with van der Waals surface area (Å²) < 4.78 is 4.93. The Bertz CT molecular complexity index is 129. The van der Waals surface area contributed by atoms with Crippen molar-refractivity contribution in [2.75, 3.05) is 14.2 Å². The van der Waals surface area contributed by atoms with Crippen molar-refractivity contribution in [1.82, 2.24) is 5.32 Å². The van der Waals surface area contributed by atoms with Crippen molar-refractivity contribution < 1.29 is 4.74 Å². The molecule has 0 fully saturated rings. The van der Waals surface area contributed by atoms with Crippen LogP contribution < -0.4 is 5.32 Å². The van der Waals surface area contributed by atoms with Crippen LogP contribution in [0.4, 0.5) is 0 Å². The Kier molecular flexibility index (Phi) is 4.46. The molecule has 2 heteroatoms. The first kappa shape index (κ1) is 9.08. The number of ether oxygens (including phenoxy) is 1. The van der Waals surface area contributed by atoms with Crippen LogP contribution in [-0.4, -0.2) is 14.2 Å². The fraction of sp³-hybridized carbons (Fsp3) is 0.500. The van der Waals surface area contributed by atoms with Gasteiger partial charge >= 0.3 is 0 Å². The summed E-state index contributed by atoms with van der Waals surface area (Å²) in [6.45, 7) is 3.92. The monoisotopic (exact) mass is 141 g/mol. The SMILES string of the molecule is CNC(C)=C/C=C(\C)OC. The Morgan fingerprint density at radius 1 is 1.30 bits per heavy atom. The lowest BCUT2D eigenvalue weighted by atomic mass is 10.4. The Morgan fingerprint density at radius 2 is 1.90 bits per heavy atom. The molecule has 0 saturated carbocycles. The van der Waals surface area contributed by atoms with E-state index in [4.69, 9.17) is 4.74 Å². The van der Waals surface area contributed by atoms with Crippen LogP contribution >= 0.6 is 0 Å². The minimum atomic E-state index is 0.912. The van der Waals surface area contributed by atoms with Gasteiger partial charge in [0.25, 0.3) is 0 Å². The fourth-order valence-electron chi connectivity index (χ4n) is 0.394. The summed E-state index contributed by atoms with van der Waals surface area (Å²) in [4.78, 5) is 0. The maximum absolute atomic E-state index is 4.93. The third-order valence-electron chi connectivity index (χ3n) is 1.28. The third-order valence-corrected chi connectivity index (χ3v) is 1.28. The molecular formula is C8H15NO. The second kappa shape index (κ2) is 4.91. The zero-order chi connectivity index (χ0) is 7.98. The summed E-state index contributed by atoms with van der Waals surface area (Å²) in [5, 5.41) is 3.01. The Morgan fingerprint density at radius 3 is 2.30 bits per heavy atom. The van der Waals surface area contributed by atoms with Crippen LogP contribution in [0.15, 0.2) is 23.6 Å². The van der Waals surface area contributed by atoms with E-state index in [-0.39, 0.29) is 0 Å². The number of nitrogens with one attached hydrogen (secondary N) is 1. The van der Waals surface area contributed by atoms with E-state index in [2.05, 4.69) is 5.32 Å². The van der Waals surface area contributed by atoms with Crippen LogP contribution in [0.3, 0.4) is 0 Å². The summed E-state index contributed by atoms with van der Waals surface area (Å²) in [7, 11) is 3.55. The molecule has 0 aliphatic rings. The van der Waals surface area contributed by atoms with Crippen LogP contribution in [0, 0.1) is 0 Å². The van der Waals surface area contributed by atoms with E-state index in [1.807, 2.05) is 33.0 Å². The highest BCUT2D eigenvalue weighted by atomic mass is 16.5. The summed E-state index contributed by atoms with van der Waals surface area (Å²) in [5.74, 6) is 0.912. The van der Waals surface area contributed by atoms with E-state index in [1.165, 1.54) is 0 Å². The number of allylic oxidation sites excluding steroid dienone is 4. The molecule has 0 aliphatic heterocycles. The van der Waals surface area contributed by atoms with Crippen LogP contribution in [0.2, 0.25) is 0 Å². The molecule has 0 rings (SSSR count). The normalized spacial score (nSPS) is 13.2. The Hall–Kier alpha value is -0.920. The van der Waals surface area contributed by atoms with Crippen LogP contribution in [0.25, 0.3) is 0 Å². The molecule has 0 unspecified atom stereocenters. The van der Waals surface area contributed by atoms with E-state index >= 15 is 0 Å². The molecule has 0 bridgehead atoms. The number of methoxy groups -OCH3 is 1. The highest BCUT2D eigenvalue weighted by Gasteiger charge is 1.81.